The molecule has 11 rings (SSSR count). The number of aromatic nitrogens is 4. The predicted octanol–water partition coefficient (Wildman–Crippen LogP) is 11.6. The molecule has 6 nitrogen and oxygen atoms in total. The standard InChI is InChI=1S/C15H15N.C15H14N.C11H8N.C9H10ClN.C6H7BO2.Ir/c2*1-2-6-12(7-3-1)15-11-10-13-8-4-5-9-14(13)16-15;1-2-6-10(7-3-1)11-8-4-5-9-12-11;10-9-6-5-7-3-1-2-4-8(7)11-9;8-7(9)6-4-2-1-3-5-6;/h1-3,6-7,10-11H,4-5,8-9H2;1-3,6,10-11H,4-5,8-9H2;1-6,8-9H;5-6H,1-4H2;1-5,8-9H;/q;2*-1;;;/i;;1D,2D,3D,6D;;;. The fourth-order valence-electron chi connectivity index (χ4n) is 7.71. The second kappa shape index (κ2) is 26.4. The van der Waals surface area contributed by atoms with E-state index in [1.807, 2.05) is 36.4 Å². The third-order valence-corrected chi connectivity index (χ3v) is 11.3. The Labute approximate surface area is 409 Å². The van der Waals surface area contributed by atoms with Gasteiger partial charge in [-0.05, 0) is 132 Å². The van der Waals surface area contributed by atoms with Gasteiger partial charge in [0.15, 0.2) is 0 Å². The third kappa shape index (κ3) is 15.2. The minimum atomic E-state index is -1.34. The second-order valence-electron chi connectivity index (χ2n) is 15.6. The van der Waals surface area contributed by atoms with Crippen LogP contribution in [-0.4, -0.2) is 37.1 Å². The van der Waals surface area contributed by atoms with Crippen LogP contribution in [-0.2, 0) is 58.6 Å². The van der Waals surface area contributed by atoms with Gasteiger partial charge in [0, 0.05) is 51.7 Å². The summed E-state index contributed by atoms with van der Waals surface area (Å²) in [6.45, 7) is 0. The summed E-state index contributed by atoms with van der Waals surface area (Å²) in [5.41, 5.74) is 13.9. The molecule has 9 heteroatoms. The average molecular weight is 1060 g/mol. The van der Waals surface area contributed by atoms with Crippen LogP contribution in [0.25, 0.3) is 33.8 Å². The largest absolute Gasteiger partial charge is 0.488 e. The number of fused-ring (bicyclic) bond motifs is 3. The molecule has 331 valence electrons. The molecule has 4 aromatic heterocycles. The van der Waals surface area contributed by atoms with Gasteiger partial charge in [0.05, 0.1) is 5.69 Å². The molecule has 2 N–H and O–H groups in total. The SMILES string of the molecule is Clc1ccc2c(n1)CCCC2.OB(O)c1ccccc1.[2H]c1[c-]c(-c2ccccn2)c([2H])c([2H])c1[2H].[Ir].[c-]1ccccc1-c1ccc2c(n1)CCCC2.c1ccc(-c2ccc3c(n2)CCCC3)cc1. The summed E-state index contributed by atoms with van der Waals surface area (Å²) in [6, 6.07) is 50.1. The maximum absolute atomic E-state index is 8.58. The summed E-state index contributed by atoms with van der Waals surface area (Å²) in [5, 5.41) is 17.8. The van der Waals surface area contributed by atoms with Crippen LogP contribution in [0.2, 0.25) is 5.15 Å². The van der Waals surface area contributed by atoms with E-state index in [0.29, 0.717) is 21.9 Å². The molecule has 0 aliphatic heterocycles. The molecule has 0 atom stereocenters. The van der Waals surface area contributed by atoms with Crippen molar-refractivity contribution >= 4 is 24.2 Å². The number of benzene rings is 4. The summed E-state index contributed by atoms with van der Waals surface area (Å²) in [4.78, 5) is 17.9. The smallest absolute Gasteiger partial charge is 0.423 e. The van der Waals surface area contributed by atoms with Crippen molar-refractivity contribution in [3.8, 4) is 33.8 Å². The summed E-state index contributed by atoms with van der Waals surface area (Å²) in [7, 11) is -1.34. The molecule has 3 aliphatic carbocycles. The first-order valence-electron chi connectivity index (χ1n) is 24.1. The first kappa shape index (κ1) is 43.3. The Morgan fingerprint density at radius 3 is 1.65 bits per heavy atom. The van der Waals surface area contributed by atoms with Crippen LogP contribution in [0.1, 0.15) is 77.8 Å². The molecule has 0 saturated heterocycles. The normalized spacial score (nSPS) is 13.8. The summed E-state index contributed by atoms with van der Waals surface area (Å²) < 4.78 is 30.1. The van der Waals surface area contributed by atoms with Crippen LogP contribution in [0.5, 0.6) is 0 Å². The number of halogens is 1. The van der Waals surface area contributed by atoms with Crippen LogP contribution in [0, 0.1) is 12.1 Å². The van der Waals surface area contributed by atoms with Crippen LogP contribution < -0.4 is 5.46 Å². The molecule has 0 bridgehead atoms. The number of hydrogen-bond donors (Lipinski definition) is 2. The Balaban J connectivity index is 0.000000143. The van der Waals surface area contributed by atoms with Gasteiger partial charge in [-0.2, -0.15) is 0 Å². The molecule has 0 saturated carbocycles. The zero-order chi connectivity index (χ0) is 47.7. The zero-order valence-corrected chi connectivity index (χ0v) is 39.5. The zero-order valence-electron chi connectivity index (χ0n) is 40.3. The first-order valence-corrected chi connectivity index (χ1v) is 22.5. The molecular formula is C56H54BClIrN4O2-2. The van der Waals surface area contributed by atoms with Crippen molar-refractivity contribution in [3.63, 3.8) is 0 Å². The number of rotatable bonds is 4. The van der Waals surface area contributed by atoms with Gasteiger partial charge in [-0.3, -0.25) is 4.98 Å². The van der Waals surface area contributed by atoms with Crippen molar-refractivity contribution in [2.75, 3.05) is 0 Å². The number of aryl methyl sites for hydroxylation is 6. The Morgan fingerprint density at radius 1 is 0.508 bits per heavy atom. The predicted molar refractivity (Wildman–Crippen MR) is 262 cm³/mol. The first-order chi connectivity index (χ1) is 33.1. The van der Waals surface area contributed by atoms with Gasteiger partial charge < -0.3 is 20.0 Å². The van der Waals surface area contributed by atoms with E-state index < -0.39 is 7.12 Å². The molecule has 1 radical (unpaired) electrons. The van der Waals surface area contributed by atoms with Crippen LogP contribution in [0.4, 0.5) is 0 Å². The molecular weight excluding hydrogens is 999 g/mol. The van der Waals surface area contributed by atoms with E-state index in [4.69, 9.17) is 37.1 Å². The number of hydrogen-bond acceptors (Lipinski definition) is 6. The fraction of sp³-hybridized carbons (Fsp3) is 0.214. The number of pyridine rings is 4. The van der Waals surface area contributed by atoms with Gasteiger partial charge in [-0.1, -0.05) is 109 Å². The second-order valence-corrected chi connectivity index (χ2v) is 16.0. The van der Waals surface area contributed by atoms with Crippen molar-refractivity contribution in [1.29, 1.82) is 0 Å². The van der Waals surface area contributed by atoms with Crippen LogP contribution in [0.3, 0.4) is 0 Å². The quantitative estimate of drug-likeness (QED) is 0.104. The molecule has 0 amide bonds. The summed E-state index contributed by atoms with van der Waals surface area (Å²) in [6.07, 6.45) is 16.3. The minimum absolute atomic E-state index is 0. The van der Waals surface area contributed by atoms with Gasteiger partial charge in [-0.25, -0.2) is 4.98 Å². The number of nitrogens with zero attached hydrogens (tertiary/aromatic N) is 4. The van der Waals surface area contributed by atoms with Crippen molar-refractivity contribution in [1.82, 2.24) is 19.9 Å². The van der Waals surface area contributed by atoms with Crippen LogP contribution in [0.15, 0.2) is 170 Å². The molecule has 0 spiro atoms. The van der Waals surface area contributed by atoms with Gasteiger partial charge in [0.1, 0.15) is 5.15 Å². The molecule has 0 unspecified atom stereocenters. The van der Waals surface area contributed by atoms with E-state index >= 15 is 0 Å². The van der Waals surface area contributed by atoms with Gasteiger partial charge >= 0.3 is 7.12 Å². The maximum Gasteiger partial charge on any atom is 0.488 e. The van der Waals surface area contributed by atoms with Crippen molar-refractivity contribution in [3.05, 3.63) is 221 Å². The van der Waals surface area contributed by atoms with Gasteiger partial charge in [0.25, 0.3) is 0 Å². The van der Waals surface area contributed by atoms with E-state index in [1.54, 1.807) is 48.7 Å². The molecule has 8 aromatic rings. The van der Waals surface area contributed by atoms with Crippen LogP contribution >= 0.6 is 11.6 Å². The monoisotopic (exact) mass is 1060 g/mol. The molecule has 3 aliphatic rings. The van der Waals surface area contributed by atoms with Crippen molar-refractivity contribution < 1.29 is 35.6 Å². The maximum atomic E-state index is 8.58. The summed E-state index contributed by atoms with van der Waals surface area (Å²) in [5.74, 6) is 0. The Kier molecular flexibility index (Phi) is 17.6. The Bertz CT molecular complexity index is 2760. The Morgan fingerprint density at radius 2 is 1.06 bits per heavy atom. The van der Waals surface area contributed by atoms with E-state index in [2.05, 4.69) is 82.8 Å². The molecule has 4 aromatic carbocycles. The molecule has 65 heavy (non-hydrogen) atoms. The fourth-order valence-corrected chi connectivity index (χ4v) is 7.87. The minimum Gasteiger partial charge on any atom is -0.423 e. The van der Waals surface area contributed by atoms with Gasteiger partial charge in [0.2, 0.25) is 0 Å². The molecule has 4 heterocycles. The topological polar surface area (TPSA) is 92.0 Å². The van der Waals surface area contributed by atoms with E-state index in [-0.39, 0.29) is 44.3 Å². The van der Waals surface area contributed by atoms with E-state index in [0.717, 1.165) is 36.2 Å². The third-order valence-electron chi connectivity index (χ3n) is 11.1. The van der Waals surface area contributed by atoms with Crippen molar-refractivity contribution in [2.24, 2.45) is 0 Å². The summed E-state index contributed by atoms with van der Waals surface area (Å²) >= 11 is 5.77. The van der Waals surface area contributed by atoms with Gasteiger partial charge in [-0.15, -0.1) is 71.7 Å². The van der Waals surface area contributed by atoms with E-state index in [1.165, 1.54) is 97.1 Å². The van der Waals surface area contributed by atoms with E-state index in [9.17, 15) is 0 Å². The molecule has 0 fully saturated rings. The Hall–Kier alpha value is -5.60. The van der Waals surface area contributed by atoms with Crippen molar-refractivity contribution in [2.45, 2.75) is 77.0 Å². The average Bonchev–Trinajstić information content (AvgIpc) is 3.40.